The number of benzene rings is 1. The monoisotopic (exact) mass is 389 g/mol. The summed E-state index contributed by atoms with van der Waals surface area (Å²) < 4.78 is 5.07. The minimum atomic E-state index is -0.909. The summed E-state index contributed by atoms with van der Waals surface area (Å²) in [5.41, 5.74) is 0.852. The van der Waals surface area contributed by atoms with Gasteiger partial charge in [0, 0.05) is 18.9 Å². The van der Waals surface area contributed by atoms with Crippen molar-refractivity contribution in [3.63, 3.8) is 0 Å². The molecule has 3 amide bonds. The van der Waals surface area contributed by atoms with E-state index in [4.69, 9.17) is 4.74 Å². The Morgan fingerprint density at radius 3 is 2.54 bits per heavy atom. The Bertz CT molecular complexity index is 692. The van der Waals surface area contributed by atoms with E-state index in [1.807, 2.05) is 30.3 Å². The van der Waals surface area contributed by atoms with Gasteiger partial charge in [-0.15, -0.1) is 0 Å². The van der Waals surface area contributed by atoms with Crippen molar-refractivity contribution in [2.24, 2.45) is 5.92 Å². The van der Waals surface area contributed by atoms with Crippen LogP contribution in [0.15, 0.2) is 30.3 Å². The summed E-state index contributed by atoms with van der Waals surface area (Å²) in [6.45, 7) is 3.99. The third-order valence-corrected chi connectivity index (χ3v) is 4.43. The Labute approximate surface area is 164 Å². The van der Waals surface area contributed by atoms with Crippen LogP contribution in [-0.2, 0) is 25.5 Å². The summed E-state index contributed by atoms with van der Waals surface area (Å²) in [4.78, 5) is 47.9. The standard InChI is InChI=1S/C20H27N3O5/c1-13(2)28-20(27)23-17(10-14-6-4-3-5-7-14)19(26)22-16(12-24)11-15-8-9-21-18(15)25/h3-7,12-13,15-17H,8-11H2,1-2H3,(H,21,25)(H,22,26)(H,23,27)/t15-,16-,17-/m0/s1. The average Bonchev–Trinajstić information content (AvgIpc) is 3.05. The minimum Gasteiger partial charge on any atom is -0.447 e. The number of rotatable bonds is 9. The Balaban J connectivity index is 2.04. The van der Waals surface area contributed by atoms with E-state index in [0.29, 0.717) is 19.3 Å². The number of hydrogen-bond donors (Lipinski definition) is 3. The molecule has 1 aromatic rings. The maximum Gasteiger partial charge on any atom is 0.408 e. The van der Waals surface area contributed by atoms with Gasteiger partial charge < -0.3 is 25.5 Å². The molecule has 8 nitrogen and oxygen atoms in total. The normalized spacial score (nSPS) is 18.1. The van der Waals surface area contributed by atoms with Crippen molar-refractivity contribution in [2.45, 2.75) is 51.3 Å². The maximum absolute atomic E-state index is 12.8. The Morgan fingerprint density at radius 2 is 1.96 bits per heavy atom. The molecule has 1 aliphatic heterocycles. The van der Waals surface area contributed by atoms with Crippen LogP contribution in [0.25, 0.3) is 0 Å². The van der Waals surface area contributed by atoms with E-state index in [1.165, 1.54) is 0 Å². The predicted molar refractivity (Wildman–Crippen MR) is 102 cm³/mol. The predicted octanol–water partition coefficient (Wildman–Crippen LogP) is 0.942. The van der Waals surface area contributed by atoms with Gasteiger partial charge in [-0.1, -0.05) is 30.3 Å². The van der Waals surface area contributed by atoms with E-state index in [-0.39, 0.29) is 30.8 Å². The van der Waals surface area contributed by atoms with Gasteiger partial charge in [-0.25, -0.2) is 4.79 Å². The van der Waals surface area contributed by atoms with Crippen molar-refractivity contribution >= 4 is 24.2 Å². The molecule has 0 aliphatic carbocycles. The molecule has 1 aromatic carbocycles. The molecule has 0 spiro atoms. The highest BCUT2D eigenvalue weighted by molar-refractivity contribution is 5.88. The first-order chi connectivity index (χ1) is 13.4. The fourth-order valence-corrected chi connectivity index (χ4v) is 3.06. The van der Waals surface area contributed by atoms with Crippen molar-refractivity contribution in [1.82, 2.24) is 16.0 Å². The van der Waals surface area contributed by atoms with Crippen molar-refractivity contribution < 1.29 is 23.9 Å². The zero-order chi connectivity index (χ0) is 20.5. The van der Waals surface area contributed by atoms with Crippen LogP contribution in [0.1, 0.15) is 32.3 Å². The molecule has 0 bridgehead atoms. The smallest absolute Gasteiger partial charge is 0.408 e. The van der Waals surface area contributed by atoms with Crippen LogP contribution in [0, 0.1) is 5.92 Å². The molecule has 0 unspecified atom stereocenters. The molecule has 3 atom stereocenters. The number of alkyl carbamates (subject to hydrolysis) is 1. The molecule has 0 radical (unpaired) electrons. The lowest BCUT2D eigenvalue weighted by Crippen LogP contribution is -2.51. The molecule has 152 valence electrons. The molecule has 1 aliphatic rings. The number of amides is 3. The van der Waals surface area contributed by atoms with Gasteiger partial charge in [0.05, 0.1) is 12.1 Å². The van der Waals surface area contributed by atoms with Gasteiger partial charge in [-0.05, 0) is 32.3 Å². The minimum absolute atomic E-state index is 0.111. The first kappa shape index (κ1) is 21.4. The number of aldehydes is 1. The zero-order valence-corrected chi connectivity index (χ0v) is 16.1. The van der Waals surface area contributed by atoms with Crippen molar-refractivity contribution in [2.75, 3.05) is 6.54 Å². The first-order valence-electron chi connectivity index (χ1n) is 9.43. The number of hydrogen-bond acceptors (Lipinski definition) is 5. The molecule has 0 aromatic heterocycles. The second kappa shape index (κ2) is 10.4. The van der Waals surface area contributed by atoms with E-state index in [2.05, 4.69) is 16.0 Å². The van der Waals surface area contributed by atoms with Gasteiger partial charge in [-0.3, -0.25) is 9.59 Å². The van der Waals surface area contributed by atoms with Gasteiger partial charge in [0.25, 0.3) is 0 Å². The average molecular weight is 389 g/mol. The number of ether oxygens (including phenoxy) is 1. The second-order valence-corrected chi connectivity index (χ2v) is 7.10. The second-order valence-electron chi connectivity index (χ2n) is 7.10. The van der Waals surface area contributed by atoms with Gasteiger partial charge in [0.1, 0.15) is 12.3 Å². The van der Waals surface area contributed by atoms with Crippen molar-refractivity contribution in [3.05, 3.63) is 35.9 Å². The van der Waals surface area contributed by atoms with E-state index in [0.717, 1.165) is 5.56 Å². The van der Waals surface area contributed by atoms with Gasteiger partial charge >= 0.3 is 6.09 Å². The lowest BCUT2D eigenvalue weighted by atomic mass is 9.98. The molecule has 1 saturated heterocycles. The Hall–Kier alpha value is -2.90. The van der Waals surface area contributed by atoms with E-state index >= 15 is 0 Å². The van der Waals surface area contributed by atoms with Gasteiger partial charge in [-0.2, -0.15) is 0 Å². The molecular weight excluding hydrogens is 362 g/mol. The highest BCUT2D eigenvalue weighted by Gasteiger charge is 2.30. The first-order valence-corrected chi connectivity index (χ1v) is 9.43. The van der Waals surface area contributed by atoms with Crippen LogP contribution in [0.3, 0.4) is 0 Å². The van der Waals surface area contributed by atoms with E-state index < -0.39 is 24.1 Å². The summed E-state index contributed by atoms with van der Waals surface area (Å²) in [6.07, 6.45) is 0.694. The highest BCUT2D eigenvalue weighted by atomic mass is 16.6. The SMILES string of the molecule is CC(C)OC(=O)N[C@@H](Cc1ccccc1)C(=O)N[C@H](C=O)C[C@@H]1CCNC1=O. The third-order valence-electron chi connectivity index (χ3n) is 4.43. The van der Waals surface area contributed by atoms with Gasteiger partial charge in [0.2, 0.25) is 11.8 Å². The summed E-state index contributed by atoms with van der Waals surface area (Å²) in [6, 6.07) is 7.50. The summed E-state index contributed by atoms with van der Waals surface area (Å²) in [5.74, 6) is -0.914. The summed E-state index contributed by atoms with van der Waals surface area (Å²) in [5, 5.41) is 7.91. The third kappa shape index (κ3) is 6.68. The zero-order valence-electron chi connectivity index (χ0n) is 16.1. The number of carbonyl (C=O) groups is 4. The fourth-order valence-electron chi connectivity index (χ4n) is 3.06. The van der Waals surface area contributed by atoms with Crippen LogP contribution >= 0.6 is 0 Å². The topological polar surface area (TPSA) is 114 Å². The van der Waals surface area contributed by atoms with Crippen molar-refractivity contribution in [3.8, 4) is 0 Å². The Morgan fingerprint density at radius 1 is 1.25 bits per heavy atom. The van der Waals surface area contributed by atoms with E-state index in [9.17, 15) is 19.2 Å². The maximum atomic E-state index is 12.8. The molecule has 1 fully saturated rings. The van der Waals surface area contributed by atoms with Crippen LogP contribution in [-0.4, -0.2) is 48.9 Å². The molecule has 0 saturated carbocycles. The molecular formula is C20H27N3O5. The number of carbonyl (C=O) groups excluding carboxylic acids is 4. The fraction of sp³-hybridized carbons (Fsp3) is 0.500. The summed E-state index contributed by atoms with van der Waals surface area (Å²) in [7, 11) is 0. The van der Waals surface area contributed by atoms with E-state index in [1.54, 1.807) is 13.8 Å². The van der Waals surface area contributed by atoms with Crippen LogP contribution in [0.4, 0.5) is 4.79 Å². The number of nitrogens with one attached hydrogen (secondary N) is 3. The van der Waals surface area contributed by atoms with Crippen LogP contribution in [0.2, 0.25) is 0 Å². The Kier molecular flexibility index (Phi) is 7.98. The molecule has 28 heavy (non-hydrogen) atoms. The molecule has 1 heterocycles. The summed E-state index contributed by atoms with van der Waals surface area (Å²) >= 11 is 0. The lowest BCUT2D eigenvalue weighted by molar-refractivity contribution is -0.127. The molecule has 8 heteroatoms. The molecule has 3 N–H and O–H groups in total. The quantitative estimate of drug-likeness (QED) is 0.544. The van der Waals surface area contributed by atoms with Crippen LogP contribution < -0.4 is 16.0 Å². The largest absolute Gasteiger partial charge is 0.447 e. The van der Waals surface area contributed by atoms with Crippen LogP contribution in [0.5, 0.6) is 0 Å². The van der Waals surface area contributed by atoms with Crippen molar-refractivity contribution in [1.29, 1.82) is 0 Å². The van der Waals surface area contributed by atoms with Gasteiger partial charge in [0.15, 0.2) is 0 Å². The highest BCUT2D eigenvalue weighted by Crippen LogP contribution is 2.15. The molecule has 2 rings (SSSR count). The lowest BCUT2D eigenvalue weighted by Gasteiger charge is -2.22.